The lowest BCUT2D eigenvalue weighted by molar-refractivity contribution is -0.658. The molecule has 1 aliphatic rings. The Kier molecular flexibility index (Phi) is 2.28. The Balaban J connectivity index is 2.37. The summed E-state index contributed by atoms with van der Waals surface area (Å²) in [5.41, 5.74) is 2.76. The Bertz CT molecular complexity index is 354. The molecule has 0 saturated heterocycles. The first-order valence-corrected chi connectivity index (χ1v) is 5.08. The van der Waals surface area contributed by atoms with Crippen LogP contribution in [0.2, 0.25) is 0 Å². The third kappa shape index (κ3) is 1.41. The van der Waals surface area contributed by atoms with Crippen LogP contribution in [0.1, 0.15) is 18.9 Å². The molecule has 1 unspecified atom stereocenters. The van der Waals surface area contributed by atoms with Gasteiger partial charge in [-0.3, -0.25) is 0 Å². The highest BCUT2D eigenvalue weighted by molar-refractivity contribution is 5.97. The Morgan fingerprint density at radius 1 is 1.29 bits per heavy atom. The molecule has 74 valence electrons. The van der Waals surface area contributed by atoms with E-state index in [4.69, 9.17) is 0 Å². The quantitative estimate of drug-likeness (QED) is 0.610. The fourth-order valence-electron chi connectivity index (χ4n) is 1.97. The molecule has 0 amide bonds. The predicted octanol–water partition coefficient (Wildman–Crippen LogP) is 1.76. The van der Waals surface area contributed by atoms with Crippen molar-refractivity contribution in [1.82, 2.24) is 5.01 Å². The largest absolute Gasteiger partial charge is 0.214 e. The zero-order valence-corrected chi connectivity index (χ0v) is 9.07. The summed E-state index contributed by atoms with van der Waals surface area (Å²) in [6.45, 7) is 2.26. The minimum Gasteiger partial charge on any atom is -0.186 e. The van der Waals surface area contributed by atoms with E-state index in [1.54, 1.807) is 0 Å². The SMILES string of the molecule is CC1CC(c2ccccc2)=[N+](C)N1C. The highest BCUT2D eigenvalue weighted by atomic mass is 15.6. The standard InChI is InChI=1S/C12H17N2/c1-10-9-12(14(3)13(10)2)11-7-5-4-6-8-11/h4-8,10H,9H2,1-3H3/q+1. The summed E-state index contributed by atoms with van der Waals surface area (Å²) >= 11 is 0. The molecule has 0 spiro atoms. The smallest absolute Gasteiger partial charge is 0.186 e. The second kappa shape index (κ2) is 3.45. The Labute approximate surface area is 85.5 Å². The Morgan fingerprint density at radius 2 is 1.93 bits per heavy atom. The molecule has 2 rings (SSSR count). The van der Waals surface area contributed by atoms with Gasteiger partial charge in [0.25, 0.3) is 0 Å². The van der Waals surface area contributed by atoms with Crippen LogP contribution < -0.4 is 0 Å². The van der Waals surface area contributed by atoms with Crippen molar-refractivity contribution in [3.8, 4) is 0 Å². The molecule has 14 heavy (non-hydrogen) atoms. The normalized spacial score (nSPS) is 21.9. The average molecular weight is 189 g/mol. The summed E-state index contributed by atoms with van der Waals surface area (Å²) in [5, 5.41) is 2.28. The summed E-state index contributed by atoms with van der Waals surface area (Å²) in [7, 11) is 4.27. The van der Waals surface area contributed by atoms with E-state index in [1.165, 1.54) is 11.3 Å². The topological polar surface area (TPSA) is 6.25 Å². The van der Waals surface area contributed by atoms with Crippen molar-refractivity contribution in [1.29, 1.82) is 0 Å². The maximum Gasteiger partial charge on any atom is 0.214 e. The second-order valence-corrected chi connectivity index (χ2v) is 3.96. The number of hydrazine groups is 1. The average Bonchev–Trinajstić information content (AvgIpc) is 2.47. The maximum atomic E-state index is 2.28. The van der Waals surface area contributed by atoms with E-state index in [-0.39, 0.29) is 0 Å². The minimum atomic E-state index is 0.607. The van der Waals surface area contributed by atoms with E-state index in [9.17, 15) is 0 Å². The van der Waals surface area contributed by atoms with Gasteiger partial charge in [-0.2, -0.15) is 5.01 Å². The number of hydrazone groups is 1. The van der Waals surface area contributed by atoms with Gasteiger partial charge in [0.2, 0.25) is 5.71 Å². The fourth-order valence-corrected chi connectivity index (χ4v) is 1.97. The molecular weight excluding hydrogens is 172 g/mol. The first kappa shape index (κ1) is 9.25. The van der Waals surface area contributed by atoms with E-state index in [2.05, 4.69) is 61.0 Å². The molecule has 2 heteroatoms. The maximum absolute atomic E-state index is 2.28. The van der Waals surface area contributed by atoms with Crippen LogP contribution in [0.25, 0.3) is 0 Å². The van der Waals surface area contributed by atoms with Gasteiger partial charge in [-0.1, -0.05) is 18.2 Å². The van der Waals surface area contributed by atoms with Gasteiger partial charge in [0.15, 0.2) is 7.05 Å². The zero-order valence-electron chi connectivity index (χ0n) is 9.07. The van der Waals surface area contributed by atoms with E-state index in [0.29, 0.717) is 6.04 Å². The molecular formula is C12H17N2+. The molecule has 1 heterocycles. The zero-order chi connectivity index (χ0) is 10.1. The highest BCUT2D eigenvalue weighted by Crippen LogP contribution is 2.16. The van der Waals surface area contributed by atoms with Crippen LogP contribution in [-0.4, -0.2) is 35.5 Å². The van der Waals surface area contributed by atoms with Crippen molar-refractivity contribution in [2.45, 2.75) is 19.4 Å². The van der Waals surface area contributed by atoms with E-state index in [1.807, 2.05) is 0 Å². The van der Waals surface area contributed by atoms with Gasteiger partial charge in [0, 0.05) is 5.56 Å². The predicted molar refractivity (Wildman–Crippen MR) is 58.6 cm³/mol. The molecule has 1 aromatic rings. The molecule has 0 aromatic heterocycles. The van der Waals surface area contributed by atoms with Crippen LogP contribution in [0.5, 0.6) is 0 Å². The van der Waals surface area contributed by atoms with Crippen LogP contribution in [-0.2, 0) is 0 Å². The lowest BCUT2D eigenvalue weighted by Crippen LogP contribution is -2.30. The Morgan fingerprint density at radius 3 is 2.43 bits per heavy atom. The highest BCUT2D eigenvalue weighted by Gasteiger charge is 2.31. The molecule has 1 atom stereocenters. The molecule has 2 nitrogen and oxygen atoms in total. The van der Waals surface area contributed by atoms with Crippen LogP contribution in [0.3, 0.4) is 0 Å². The first-order chi connectivity index (χ1) is 6.70. The second-order valence-electron chi connectivity index (χ2n) is 3.96. The number of nitrogens with zero attached hydrogens (tertiary/aromatic N) is 2. The van der Waals surface area contributed by atoms with Crippen LogP contribution in [0.15, 0.2) is 30.3 Å². The minimum absolute atomic E-state index is 0.607. The summed E-state index contributed by atoms with van der Waals surface area (Å²) in [4.78, 5) is 0. The summed E-state index contributed by atoms with van der Waals surface area (Å²) in [6, 6.07) is 11.2. The molecule has 1 aliphatic heterocycles. The molecule has 0 N–H and O–H groups in total. The van der Waals surface area contributed by atoms with Crippen LogP contribution >= 0.6 is 0 Å². The van der Waals surface area contributed by atoms with Gasteiger partial charge >= 0.3 is 0 Å². The van der Waals surface area contributed by atoms with Gasteiger partial charge in [0.1, 0.15) is 0 Å². The van der Waals surface area contributed by atoms with Gasteiger partial charge in [0.05, 0.1) is 19.5 Å². The van der Waals surface area contributed by atoms with Crippen molar-refractivity contribution in [2.75, 3.05) is 14.1 Å². The van der Waals surface area contributed by atoms with Crippen LogP contribution in [0.4, 0.5) is 0 Å². The fraction of sp³-hybridized carbons (Fsp3) is 0.417. The molecule has 0 fully saturated rings. The van der Waals surface area contributed by atoms with Crippen molar-refractivity contribution >= 4 is 5.71 Å². The number of rotatable bonds is 1. The van der Waals surface area contributed by atoms with Crippen molar-refractivity contribution < 1.29 is 4.68 Å². The molecule has 1 aromatic carbocycles. The molecule has 0 saturated carbocycles. The lowest BCUT2D eigenvalue weighted by atomic mass is 10.1. The summed E-state index contributed by atoms with van der Waals surface area (Å²) in [5.74, 6) is 0. The third-order valence-corrected chi connectivity index (χ3v) is 3.10. The Hall–Kier alpha value is -1.31. The summed E-state index contributed by atoms with van der Waals surface area (Å²) in [6.07, 6.45) is 1.14. The number of hydrogen-bond donors (Lipinski definition) is 0. The molecule has 0 radical (unpaired) electrons. The lowest BCUT2D eigenvalue weighted by Gasteiger charge is -2.11. The van der Waals surface area contributed by atoms with Gasteiger partial charge in [-0.25, -0.2) is 0 Å². The number of hydrogen-bond acceptors (Lipinski definition) is 1. The molecule has 0 bridgehead atoms. The monoisotopic (exact) mass is 189 g/mol. The van der Waals surface area contributed by atoms with E-state index < -0.39 is 0 Å². The van der Waals surface area contributed by atoms with E-state index >= 15 is 0 Å². The van der Waals surface area contributed by atoms with Gasteiger partial charge in [-0.05, 0) is 19.1 Å². The van der Waals surface area contributed by atoms with Crippen molar-refractivity contribution in [3.63, 3.8) is 0 Å². The third-order valence-electron chi connectivity index (χ3n) is 3.10. The number of benzene rings is 1. The van der Waals surface area contributed by atoms with Crippen LogP contribution in [0, 0.1) is 0 Å². The van der Waals surface area contributed by atoms with Gasteiger partial charge < -0.3 is 0 Å². The summed E-state index contributed by atoms with van der Waals surface area (Å²) < 4.78 is 2.25. The first-order valence-electron chi connectivity index (χ1n) is 5.08. The van der Waals surface area contributed by atoms with Gasteiger partial charge in [-0.15, -0.1) is 4.68 Å². The van der Waals surface area contributed by atoms with E-state index in [0.717, 1.165) is 6.42 Å². The van der Waals surface area contributed by atoms with Crippen molar-refractivity contribution in [3.05, 3.63) is 35.9 Å². The molecule has 0 aliphatic carbocycles. The van der Waals surface area contributed by atoms with Crippen molar-refractivity contribution in [2.24, 2.45) is 0 Å².